The van der Waals surface area contributed by atoms with Crippen molar-refractivity contribution < 1.29 is 9.47 Å². The maximum absolute atomic E-state index is 7.92. The molecule has 8 aromatic rings. The molecule has 68 heavy (non-hydrogen) atoms. The first kappa shape index (κ1) is 43.6. The lowest BCUT2D eigenvalue weighted by Crippen LogP contribution is -2.63. The minimum Gasteiger partial charge on any atom is -0.367 e. The van der Waals surface area contributed by atoms with Gasteiger partial charge in [0.1, 0.15) is 6.23 Å². The molecular weight excluding hydrogens is 848 g/mol. The number of aryl methyl sites for hydroxylation is 2. The molecule has 2 saturated heterocycles. The minimum atomic E-state index is -0.291. The van der Waals surface area contributed by atoms with Gasteiger partial charge in [-0.15, -0.1) is 11.3 Å². The van der Waals surface area contributed by atoms with Crippen molar-refractivity contribution in [3.8, 4) is 0 Å². The molecular formula is C62H63BN2O2S. The number of hydrogen-bond donors (Lipinski definition) is 0. The van der Waals surface area contributed by atoms with Crippen molar-refractivity contribution in [3.63, 3.8) is 0 Å². The molecule has 1 aromatic heterocycles. The minimum absolute atomic E-state index is 0.00361. The molecule has 2 fully saturated rings. The van der Waals surface area contributed by atoms with Crippen LogP contribution in [0.2, 0.25) is 5.82 Å². The van der Waals surface area contributed by atoms with E-state index in [0.29, 0.717) is 0 Å². The fourth-order valence-electron chi connectivity index (χ4n) is 12.1. The number of benzene rings is 7. The summed E-state index contributed by atoms with van der Waals surface area (Å²) < 4.78 is 18.4. The number of nitrogens with zero attached hydrogens (tertiary/aromatic N) is 2. The highest BCUT2D eigenvalue weighted by molar-refractivity contribution is 7.26. The molecule has 0 N–H and O–H groups in total. The predicted octanol–water partition coefficient (Wildman–Crippen LogP) is 15.1. The summed E-state index contributed by atoms with van der Waals surface area (Å²) in [5, 5.41) is 2.62. The quantitative estimate of drug-likeness (QED) is 0.164. The molecule has 12 rings (SSSR count). The van der Waals surface area contributed by atoms with E-state index in [2.05, 4.69) is 232 Å². The summed E-state index contributed by atoms with van der Waals surface area (Å²) >= 11 is 1.91. The Bertz CT molecular complexity index is 3260. The maximum Gasteiger partial charge on any atom is 0.228 e. The summed E-state index contributed by atoms with van der Waals surface area (Å²) in [4.78, 5) is 5.19. The normalized spacial score (nSPS) is 22.1. The van der Waals surface area contributed by atoms with Gasteiger partial charge in [0.05, 0.1) is 18.3 Å². The molecule has 0 saturated carbocycles. The Hall–Kier alpha value is -5.66. The van der Waals surface area contributed by atoms with E-state index in [0.717, 1.165) is 5.69 Å². The molecule has 0 spiro atoms. The van der Waals surface area contributed by atoms with E-state index in [4.69, 9.17) is 9.47 Å². The van der Waals surface area contributed by atoms with Gasteiger partial charge in [0.25, 0.3) is 0 Å². The molecule has 0 aliphatic carbocycles. The highest BCUT2D eigenvalue weighted by atomic mass is 32.1. The molecule has 6 unspecified atom stereocenters. The van der Waals surface area contributed by atoms with E-state index in [-0.39, 0.29) is 59.2 Å². The Morgan fingerprint density at radius 2 is 1.15 bits per heavy atom. The van der Waals surface area contributed by atoms with Crippen molar-refractivity contribution in [2.75, 3.05) is 9.80 Å². The van der Waals surface area contributed by atoms with Crippen LogP contribution in [0.25, 0.3) is 20.2 Å². The van der Waals surface area contributed by atoms with Crippen molar-refractivity contribution >= 4 is 77.6 Å². The van der Waals surface area contributed by atoms with E-state index >= 15 is 0 Å². The summed E-state index contributed by atoms with van der Waals surface area (Å²) in [6.45, 7) is 25.3. The van der Waals surface area contributed by atoms with Crippen LogP contribution in [0.15, 0.2) is 146 Å². The van der Waals surface area contributed by atoms with E-state index in [9.17, 15) is 0 Å². The summed E-state index contributed by atoms with van der Waals surface area (Å²) in [5.41, 5.74) is 17.6. The van der Waals surface area contributed by atoms with Gasteiger partial charge in [-0.05, 0) is 129 Å². The number of fused-ring (bicyclic) bond motifs is 9. The fourth-order valence-corrected chi connectivity index (χ4v) is 13.2. The van der Waals surface area contributed by atoms with Gasteiger partial charge in [-0.2, -0.15) is 0 Å². The first-order valence-corrected chi connectivity index (χ1v) is 25.6. The molecule has 342 valence electrons. The van der Waals surface area contributed by atoms with Gasteiger partial charge in [0, 0.05) is 60.3 Å². The zero-order valence-corrected chi connectivity index (χ0v) is 42.3. The maximum atomic E-state index is 7.92. The van der Waals surface area contributed by atoms with Crippen LogP contribution in [0, 0.1) is 13.8 Å². The Morgan fingerprint density at radius 1 is 0.529 bits per heavy atom. The van der Waals surface area contributed by atoms with Gasteiger partial charge < -0.3 is 19.3 Å². The first-order chi connectivity index (χ1) is 32.4. The Labute approximate surface area is 408 Å². The predicted molar refractivity (Wildman–Crippen MR) is 289 cm³/mol. The topological polar surface area (TPSA) is 24.9 Å². The summed E-state index contributed by atoms with van der Waals surface area (Å²) in [5.74, 6) is -0.0388. The van der Waals surface area contributed by atoms with Gasteiger partial charge in [-0.1, -0.05) is 159 Å². The molecule has 4 aliphatic heterocycles. The smallest absolute Gasteiger partial charge is 0.228 e. The van der Waals surface area contributed by atoms with Crippen LogP contribution >= 0.6 is 11.3 Å². The van der Waals surface area contributed by atoms with E-state index in [1.807, 2.05) is 11.3 Å². The Balaban J connectivity index is 1.16. The Kier molecular flexibility index (Phi) is 9.89. The van der Waals surface area contributed by atoms with Crippen LogP contribution in [0.1, 0.15) is 113 Å². The molecule has 6 heteroatoms. The molecule has 4 aliphatic rings. The molecule has 0 radical (unpaired) electrons. The zero-order chi connectivity index (χ0) is 47.2. The van der Waals surface area contributed by atoms with Crippen molar-refractivity contribution in [2.24, 2.45) is 0 Å². The van der Waals surface area contributed by atoms with Crippen LogP contribution < -0.4 is 20.7 Å². The second-order valence-corrected chi connectivity index (χ2v) is 24.4. The third-order valence-corrected chi connectivity index (χ3v) is 17.0. The van der Waals surface area contributed by atoms with Gasteiger partial charge in [0.15, 0.2) is 0 Å². The molecule has 5 heterocycles. The lowest BCUT2D eigenvalue weighted by atomic mass is 9.29. The van der Waals surface area contributed by atoms with Crippen molar-refractivity contribution in [1.82, 2.24) is 0 Å². The third kappa shape index (κ3) is 6.83. The van der Waals surface area contributed by atoms with Crippen molar-refractivity contribution in [3.05, 3.63) is 185 Å². The third-order valence-electron chi connectivity index (χ3n) is 15.8. The molecule has 6 atom stereocenters. The van der Waals surface area contributed by atoms with Crippen LogP contribution in [-0.4, -0.2) is 25.1 Å². The van der Waals surface area contributed by atoms with Crippen LogP contribution in [0.3, 0.4) is 0 Å². The molecule has 4 nitrogen and oxygen atoms in total. The first-order valence-electron chi connectivity index (χ1n) is 24.8. The SMILES string of the molecule is Cc1ccc(C2C(c3ccccc3C)OC3C2OC2C3B3c4cc5sc6ccccc6c5cc4N(c4ccc(C(C)(C)C)cc4)c4cc(C(C)(C)C)cc(c43)N2c2ccc(C(C)(C)C)cc2)cc1. The number of hydrogen-bond acceptors (Lipinski definition) is 5. The Morgan fingerprint density at radius 3 is 1.81 bits per heavy atom. The molecule has 0 amide bonds. The van der Waals surface area contributed by atoms with Crippen LogP contribution in [-0.2, 0) is 25.7 Å². The average Bonchev–Trinajstić information content (AvgIpc) is 3.97. The lowest BCUT2D eigenvalue weighted by Gasteiger charge is -2.49. The fraction of sp³-hybridized carbons (Fsp3) is 0.323. The summed E-state index contributed by atoms with van der Waals surface area (Å²) in [7, 11) is 0. The number of rotatable bonds is 4. The highest BCUT2D eigenvalue weighted by Gasteiger charge is 2.65. The number of anilines is 5. The monoisotopic (exact) mass is 910 g/mol. The average molecular weight is 911 g/mol. The molecule has 7 aromatic carbocycles. The lowest BCUT2D eigenvalue weighted by molar-refractivity contribution is 0.0337. The zero-order valence-electron chi connectivity index (χ0n) is 41.5. The van der Waals surface area contributed by atoms with Crippen LogP contribution in [0.4, 0.5) is 28.4 Å². The van der Waals surface area contributed by atoms with Gasteiger partial charge >= 0.3 is 0 Å². The number of ether oxygens (including phenoxy) is 2. The second-order valence-electron chi connectivity index (χ2n) is 23.3. The summed E-state index contributed by atoms with van der Waals surface area (Å²) in [6, 6.07) is 55.8. The van der Waals surface area contributed by atoms with Crippen molar-refractivity contribution in [2.45, 2.75) is 129 Å². The van der Waals surface area contributed by atoms with Gasteiger partial charge in [0.2, 0.25) is 6.71 Å². The van der Waals surface area contributed by atoms with E-state index < -0.39 is 0 Å². The second kappa shape index (κ2) is 15.4. The van der Waals surface area contributed by atoms with E-state index in [1.165, 1.54) is 92.8 Å². The molecule has 0 bridgehead atoms. The highest BCUT2D eigenvalue weighted by Crippen LogP contribution is 2.60. The largest absolute Gasteiger partial charge is 0.367 e. The standard InChI is InChI=1S/C62H63BN2O2S/c1-36-20-22-38(23-21-36)53-56(44-17-13-12-16-37(44)2)66-58-55-59(67-57(53)58)65(43-30-26-40(27-31-43)61(6,7)8)50-33-41(62(9,10)11)32-49-54(50)63(55)47-35-52-46(45-18-14-15-19-51(45)68-52)34-48(47)64(49)42-28-24-39(25-29-42)60(3,4)5/h12-35,53,55-59H,1-11H3. The summed E-state index contributed by atoms with van der Waals surface area (Å²) in [6.07, 6.45) is -0.831. The van der Waals surface area contributed by atoms with Gasteiger partial charge in [-0.25, -0.2) is 0 Å². The number of thiophene rings is 1. The van der Waals surface area contributed by atoms with Gasteiger partial charge in [-0.3, -0.25) is 0 Å². The van der Waals surface area contributed by atoms with Crippen LogP contribution in [0.5, 0.6) is 0 Å². The van der Waals surface area contributed by atoms with E-state index in [1.54, 1.807) is 0 Å². The van der Waals surface area contributed by atoms with Crippen molar-refractivity contribution in [1.29, 1.82) is 0 Å².